The Morgan fingerprint density at radius 1 is 1.21 bits per heavy atom. The molecule has 0 atom stereocenters. The van der Waals surface area contributed by atoms with Crippen molar-refractivity contribution in [2.24, 2.45) is 5.92 Å². The number of ether oxygens (including phenoxy) is 1. The lowest BCUT2D eigenvalue weighted by molar-refractivity contribution is -0.148. The molecule has 0 bridgehead atoms. The highest BCUT2D eigenvalue weighted by molar-refractivity contribution is 8.26. The predicted octanol–water partition coefficient (Wildman–Crippen LogP) is 3.63. The molecule has 174 valence electrons. The standard InChI is InChI=1S/C24H27N3O4S2/c1-4-27-18-9-7-6-8-16(18)20(26-12-10-15(11-13-26)23(30)31-5-2)17(21(27)28)14-19-22(29)25(3)24(32)33-19/h6-9,14-15H,4-5,10-13H2,1-3H3. The van der Waals surface area contributed by atoms with E-state index in [9.17, 15) is 14.4 Å². The zero-order valence-corrected chi connectivity index (χ0v) is 20.6. The topological polar surface area (TPSA) is 71.8 Å². The van der Waals surface area contributed by atoms with Crippen molar-refractivity contribution in [1.29, 1.82) is 0 Å². The van der Waals surface area contributed by atoms with Crippen LogP contribution in [0.2, 0.25) is 0 Å². The maximum absolute atomic E-state index is 13.6. The summed E-state index contributed by atoms with van der Waals surface area (Å²) in [6.45, 7) is 5.89. The number of nitrogens with zero attached hydrogens (tertiary/aromatic N) is 3. The molecule has 2 aliphatic rings. The van der Waals surface area contributed by atoms with E-state index in [1.165, 1.54) is 16.7 Å². The molecule has 2 aliphatic heterocycles. The highest BCUT2D eigenvalue weighted by Gasteiger charge is 2.32. The minimum Gasteiger partial charge on any atom is -0.466 e. The average Bonchev–Trinajstić information content (AvgIpc) is 3.06. The number of fused-ring (bicyclic) bond motifs is 1. The molecule has 2 saturated heterocycles. The lowest BCUT2D eigenvalue weighted by Gasteiger charge is -2.34. The number of para-hydroxylation sites is 1. The first kappa shape index (κ1) is 23.5. The Morgan fingerprint density at radius 2 is 1.91 bits per heavy atom. The predicted molar refractivity (Wildman–Crippen MR) is 136 cm³/mol. The van der Waals surface area contributed by atoms with Crippen LogP contribution in [0.4, 0.5) is 5.69 Å². The molecular weight excluding hydrogens is 458 g/mol. The molecule has 2 aromatic rings. The Bertz CT molecular complexity index is 1210. The zero-order chi connectivity index (χ0) is 23.7. The maximum Gasteiger partial charge on any atom is 0.309 e. The Balaban J connectivity index is 1.84. The number of carbonyl (C=O) groups is 2. The molecular formula is C24H27N3O4S2. The number of thioether (sulfide) groups is 1. The van der Waals surface area contributed by atoms with Crippen LogP contribution >= 0.6 is 24.0 Å². The third-order valence-electron chi connectivity index (χ3n) is 6.19. The van der Waals surface area contributed by atoms with Gasteiger partial charge in [-0.1, -0.05) is 42.2 Å². The van der Waals surface area contributed by atoms with Gasteiger partial charge in [-0.05, 0) is 38.8 Å². The van der Waals surface area contributed by atoms with E-state index < -0.39 is 0 Å². The van der Waals surface area contributed by atoms with Gasteiger partial charge in [0.25, 0.3) is 11.5 Å². The van der Waals surface area contributed by atoms with Gasteiger partial charge < -0.3 is 14.2 Å². The number of thiocarbonyl (C=S) groups is 1. The molecule has 1 amide bonds. The van der Waals surface area contributed by atoms with E-state index in [4.69, 9.17) is 17.0 Å². The number of piperidine rings is 1. The average molecular weight is 486 g/mol. The first-order chi connectivity index (χ1) is 15.9. The Morgan fingerprint density at radius 3 is 2.52 bits per heavy atom. The number of aryl methyl sites for hydroxylation is 1. The summed E-state index contributed by atoms with van der Waals surface area (Å²) < 4.78 is 7.42. The summed E-state index contributed by atoms with van der Waals surface area (Å²) in [7, 11) is 1.64. The molecule has 33 heavy (non-hydrogen) atoms. The molecule has 1 aromatic heterocycles. The van der Waals surface area contributed by atoms with Gasteiger partial charge in [0.1, 0.15) is 4.32 Å². The Hall–Kier alpha value is -2.65. The second kappa shape index (κ2) is 9.69. The third kappa shape index (κ3) is 4.31. The number of rotatable bonds is 5. The summed E-state index contributed by atoms with van der Waals surface area (Å²) in [5, 5.41) is 0.951. The van der Waals surface area contributed by atoms with Gasteiger partial charge in [0.05, 0.1) is 34.2 Å². The van der Waals surface area contributed by atoms with Crippen LogP contribution in [0.15, 0.2) is 34.0 Å². The first-order valence-electron chi connectivity index (χ1n) is 11.2. The van der Waals surface area contributed by atoms with Gasteiger partial charge in [0, 0.05) is 32.1 Å². The Labute approximate surface area is 202 Å². The number of anilines is 1. The van der Waals surface area contributed by atoms with Gasteiger partial charge in [-0.25, -0.2) is 0 Å². The van der Waals surface area contributed by atoms with Crippen LogP contribution in [0, 0.1) is 5.92 Å². The van der Waals surface area contributed by atoms with Crippen LogP contribution in [0.1, 0.15) is 32.3 Å². The number of amides is 1. The van der Waals surface area contributed by atoms with E-state index >= 15 is 0 Å². The van der Waals surface area contributed by atoms with Crippen molar-refractivity contribution in [3.05, 3.63) is 45.1 Å². The lowest BCUT2D eigenvalue weighted by Crippen LogP contribution is -2.39. The summed E-state index contributed by atoms with van der Waals surface area (Å²) in [4.78, 5) is 42.6. The normalized spacial score (nSPS) is 18.6. The monoisotopic (exact) mass is 485 g/mol. The van der Waals surface area contributed by atoms with Crippen molar-refractivity contribution >= 4 is 62.8 Å². The van der Waals surface area contributed by atoms with E-state index in [0.717, 1.165) is 16.6 Å². The minimum atomic E-state index is -0.201. The molecule has 0 radical (unpaired) electrons. The van der Waals surface area contributed by atoms with Crippen LogP contribution in [0.5, 0.6) is 0 Å². The summed E-state index contributed by atoms with van der Waals surface area (Å²) >= 11 is 6.49. The van der Waals surface area contributed by atoms with Crippen LogP contribution in [-0.2, 0) is 20.9 Å². The van der Waals surface area contributed by atoms with Crippen molar-refractivity contribution in [3.8, 4) is 0 Å². The molecule has 0 aliphatic carbocycles. The number of carbonyl (C=O) groups excluding carboxylic acids is 2. The van der Waals surface area contributed by atoms with Crippen LogP contribution < -0.4 is 10.5 Å². The number of esters is 1. The summed E-state index contributed by atoms with van der Waals surface area (Å²) in [6.07, 6.45) is 3.00. The Kier molecular flexibility index (Phi) is 6.90. The molecule has 0 N–H and O–H groups in total. The minimum absolute atomic E-state index is 0.136. The molecule has 0 saturated carbocycles. The third-order valence-corrected chi connectivity index (χ3v) is 7.67. The van der Waals surface area contributed by atoms with E-state index in [2.05, 4.69) is 4.90 Å². The van der Waals surface area contributed by atoms with Gasteiger partial charge in [0.15, 0.2) is 0 Å². The second-order valence-corrected chi connectivity index (χ2v) is 9.76. The number of aromatic nitrogens is 1. The summed E-state index contributed by atoms with van der Waals surface area (Å²) in [6, 6.07) is 7.84. The molecule has 1 aromatic carbocycles. The number of likely N-dealkylation sites (N-methyl/N-ethyl adjacent to an activating group) is 1. The van der Waals surface area contributed by atoms with Gasteiger partial charge in [0.2, 0.25) is 0 Å². The highest BCUT2D eigenvalue weighted by Crippen LogP contribution is 2.37. The van der Waals surface area contributed by atoms with Crippen molar-refractivity contribution in [2.75, 3.05) is 31.6 Å². The van der Waals surface area contributed by atoms with E-state index in [-0.39, 0.29) is 23.4 Å². The van der Waals surface area contributed by atoms with Crippen molar-refractivity contribution < 1.29 is 14.3 Å². The number of hydrogen-bond acceptors (Lipinski definition) is 7. The van der Waals surface area contributed by atoms with E-state index in [0.29, 0.717) is 53.9 Å². The molecule has 2 fully saturated rings. The fraction of sp³-hybridized carbons (Fsp3) is 0.417. The number of pyridine rings is 1. The fourth-order valence-electron chi connectivity index (χ4n) is 4.47. The number of benzene rings is 1. The highest BCUT2D eigenvalue weighted by atomic mass is 32.2. The molecule has 4 rings (SSSR count). The van der Waals surface area contributed by atoms with Gasteiger partial charge in [-0.3, -0.25) is 19.3 Å². The zero-order valence-electron chi connectivity index (χ0n) is 19.0. The van der Waals surface area contributed by atoms with Gasteiger partial charge >= 0.3 is 5.97 Å². The first-order valence-corrected chi connectivity index (χ1v) is 12.4. The summed E-state index contributed by atoms with van der Waals surface area (Å²) in [5.41, 5.74) is 2.01. The van der Waals surface area contributed by atoms with Crippen molar-refractivity contribution in [1.82, 2.24) is 9.47 Å². The van der Waals surface area contributed by atoms with Crippen LogP contribution in [-0.4, -0.2) is 52.4 Å². The lowest BCUT2D eigenvalue weighted by atomic mass is 9.95. The molecule has 7 nitrogen and oxygen atoms in total. The second-order valence-electron chi connectivity index (χ2n) is 8.08. The quantitative estimate of drug-likeness (QED) is 0.364. The van der Waals surface area contributed by atoms with Crippen molar-refractivity contribution in [3.63, 3.8) is 0 Å². The van der Waals surface area contributed by atoms with Crippen LogP contribution in [0.3, 0.4) is 0 Å². The molecule has 9 heteroatoms. The van der Waals surface area contributed by atoms with Crippen molar-refractivity contribution in [2.45, 2.75) is 33.2 Å². The van der Waals surface area contributed by atoms with E-state index in [1.807, 2.05) is 38.1 Å². The smallest absolute Gasteiger partial charge is 0.309 e. The van der Waals surface area contributed by atoms with Gasteiger partial charge in [-0.15, -0.1) is 0 Å². The van der Waals surface area contributed by atoms with Gasteiger partial charge in [-0.2, -0.15) is 0 Å². The maximum atomic E-state index is 13.6. The van der Waals surface area contributed by atoms with Crippen LogP contribution in [0.25, 0.3) is 17.0 Å². The SMILES string of the molecule is CCOC(=O)C1CCN(c2c(C=C3SC(=S)N(C)C3=O)c(=O)n(CC)c3ccccc23)CC1. The molecule has 3 heterocycles. The molecule has 0 spiro atoms. The largest absolute Gasteiger partial charge is 0.466 e. The molecule has 0 unspecified atom stereocenters. The van der Waals surface area contributed by atoms with E-state index in [1.54, 1.807) is 17.7 Å². The fourth-order valence-corrected chi connectivity index (χ4v) is 5.63. The number of hydrogen-bond donors (Lipinski definition) is 0. The summed E-state index contributed by atoms with van der Waals surface area (Å²) in [5.74, 6) is -0.494.